The lowest BCUT2D eigenvalue weighted by molar-refractivity contribution is -0.147. The van der Waals surface area contributed by atoms with Crippen LogP contribution in [0.1, 0.15) is 24.8 Å². The molecule has 5 heteroatoms. The van der Waals surface area contributed by atoms with Crippen LogP contribution in [0.2, 0.25) is 0 Å². The molecule has 1 saturated heterocycles. The van der Waals surface area contributed by atoms with Crippen molar-refractivity contribution in [2.75, 3.05) is 5.32 Å². The van der Waals surface area contributed by atoms with Crippen LogP contribution in [0.3, 0.4) is 0 Å². The minimum atomic E-state index is -0.864. The van der Waals surface area contributed by atoms with Gasteiger partial charge in [-0.15, -0.1) is 0 Å². The van der Waals surface area contributed by atoms with Gasteiger partial charge in [-0.1, -0.05) is 66.7 Å². The lowest BCUT2D eigenvalue weighted by atomic mass is 9.81. The highest BCUT2D eigenvalue weighted by Gasteiger charge is 2.62. The normalized spacial score (nSPS) is 26.6. The predicted molar refractivity (Wildman–Crippen MR) is 126 cm³/mol. The molecule has 3 amide bonds. The molecule has 3 fully saturated rings. The van der Waals surface area contributed by atoms with Gasteiger partial charge in [-0.05, 0) is 48.1 Å². The van der Waals surface area contributed by atoms with Gasteiger partial charge in [-0.2, -0.15) is 0 Å². The number of benzene rings is 3. The SMILES string of the molecule is O=C(Nc1cccc2ccccc12)[C@H](Cc1ccccc1)N1C(=O)[C@@H]2[C@@H]3CC[C@@H](C3)[C@@H]2C1=O. The number of hydrogen-bond acceptors (Lipinski definition) is 3. The molecule has 5 atom stereocenters. The minimum absolute atomic E-state index is 0.147. The molecule has 2 bridgehead atoms. The smallest absolute Gasteiger partial charge is 0.248 e. The van der Waals surface area contributed by atoms with Gasteiger partial charge in [-0.25, -0.2) is 0 Å². The molecule has 2 saturated carbocycles. The van der Waals surface area contributed by atoms with Crippen LogP contribution in [0.25, 0.3) is 10.8 Å². The van der Waals surface area contributed by atoms with Gasteiger partial charge in [0, 0.05) is 17.5 Å². The summed E-state index contributed by atoms with van der Waals surface area (Å²) in [6.45, 7) is 0. The van der Waals surface area contributed by atoms with Crippen LogP contribution in [0.15, 0.2) is 72.8 Å². The number of carbonyl (C=O) groups excluding carboxylic acids is 3. The molecule has 0 unspecified atom stereocenters. The van der Waals surface area contributed by atoms with E-state index in [4.69, 9.17) is 0 Å². The summed E-state index contributed by atoms with van der Waals surface area (Å²) in [5.74, 6) is -0.499. The Hall–Kier alpha value is -3.47. The molecule has 3 aliphatic rings. The van der Waals surface area contributed by atoms with E-state index >= 15 is 0 Å². The molecule has 3 aromatic carbocycles. The van der Waals surface area contributed by atoms with Gasteiger partial charge in [0.1, 0.15) is 6.04 Å². The second-order valence-corrected chi connectivity index (χ2v) is 9.65. The van der Waals surface area contributed by atoms with Crippen LogP contribution < -0.4 is 5.32 Å². The predicted octanol–water partition coefficient (Wildman–Crippen LogP) is 4.42. The lowest BCUT2D eigenvalue weighted by Crippen LogP contribution is -2.49. The molecule has 2 aliphatic carbocycles. The fourth-order valence-electron chi connectivity index (χ4n) is 6.43. The zero-order valence-electron chi connectivity index (χ0n) is 18.3. The first-order valence-corrected chi connectivity index (χ1v) is 11.8. The Morgan fingerprint density at radius 3 is 2.21 bits per heavy atom. The average Bonchev–Trinajstić information content (AvgIpc) is 3.52. The second kappa shape index (κ2) is 7.84. The Morgan fingerprint density at radius 1 is 0.848 bits per heavy atom. The number of nitrogens with one attached hydrogen (secondary N) is 1. The van der Waals surface area contributed by atoms with Gasteiger partial charge >= 0.3 is 0 Å². The van der Waals surface area contributed by atoms with Gasteiger partial charge in [0.25, 0.3) is 0 Å². The number of fused-ring (bicyclic) bond motifs is 6. The maximum Gasteiger partial charge on any atom is 0.248 e. The Morgan fingerprint density at radius 2 is 1.48 bits per heavy atom. The Kier molecular flexibility index (Phi) is 4.79. The number of rotatable bonds is 5. The summed E-state index contributed by atoms with van der Waals surface area (Å²) in [7, 11) is 0. The third-order valence-electron chi connectivity index (χ3n) is 7.90. The van der Waals surface area contributed by atoms with Crippen molar-refractivity contribution in [1.82, 2.24) is 4.90 Å². The van der Waals surface area contributed by atoms with E-state index in [2.05, 4.69) is 5.32 Å². The molecular formula is C28H26N2O3. The first kappa shape index (κ1) is 20.2. The zero-order chi connectivity index (χ0) is 22.5. The van der Waals surface area contributed by atoms with Crippen molar-refractivity contribution in [2.45, 2.75) is 31.7 Å². The van der Waals surface area contributed by atoms with Crippen molar-refractivity contribution in [3.63, 3.8) is 0 Å². The van der Waals surface area contributed by atoms with Gasteiger partial charge in [0.2, 0.25) is 17.7 Å². The topological polar surface area (TPSA) is 66.5 Å². The summed E-state index contributed by atoms with van der Waals surface area (Å²) < 4.78 is 0. The molecule has 1 aliphatic heterocycles. The van der Waals surface area contributed by atoms with E-state index in [1.807, 2.05) is 72.8 Å². The number of likely N-dealkylation sites (tertiary alicyclic amines) is 1. The lowest BCUT2D eigenvalue weighted by Gasteiger charge is -2.27. The maximum atomic E-state index is 13.7. The van der Waals surface area contributed by atoms with Crippen LogP contribution in [-0.2, 0) is 20.8 Å². The van der Waals surface area contributed by atoms with E-state index in [0.29, 0.717) is 23.9 Å². The van der Waals surface area contributed by atoms with Gasteiger partial charge in [0.05, 0.1) is 11.8 Å². The summed E-state index contributed by atoms with van der Waals surface area (Å²) in [5, 5.41) is 5.00. The molecule has 3 aromatic rings. The minimum Gasteiger partial charge on any atom is -0.324 e. The Bertz CT molecular complexity index is 1220. The molecule has 166 valence electrons. The van der Waals surface area contributed by atoms with E-state index in [-0.39, 0.29) is 29.6 Å². The monoisotopic (exact) mass is 438 g/mol. The van der Waals surface area contributed by atoms with Gasteiger partial charge in [-0.3, -0.25) is 19.3 Å². The quantitative estimate of drug-likeness (QED) is 0.600. The van der Waals surface area contributed by atoms with E-state index in [9.17, 15) is 14.4 Å². The average molecular weight is 439 g/mol. The molecule has 1 N–H and O–H groups in total. The van der Waals surface area contributed by atoms with Crippen molar-refractivity contribution < 1.29 is 14.4 Å². The van der Waals surface area contributed by atoms with Crippen LogP contribution >= 0.6 is 0 Å². The number of amides is 3. The van der Waals surface area contributed by atoms with Crippen molar-refractivity contribution >= 4 is 34.2 Å². The van der Waals surface area contributed by atoms with Gasteiger partial charge in [0.15, 0.2) is 0 Å². The highest BCUT2D eigenvalue weighted by atomic mass is 16.2. The first-order chi connectivity index (χ1) is 16.1. The molecule has 5 nitrogen and oxygen atoms in total. The van der Waals surface area contributed by atoms with Crippen LogP contribution in [0.4, 0.5) is 5.69 Å². The fourth-order valence-corrected chi connectivity index (χ4v) is 6.43. The van der Waals surface area contributed by atoms with E-state index in [1.165, 1.54) is 4.90 Å². The number of imide groups is 1. The molecule has 1 heterocycles. The molecular weight excluding hydrogens is 412 g/mol. The van der Waals surface area contributed by atoms with Crippen LogP contribution in [0, 0.1) is 23.7 Å². The van der Waals surface area contributed by atoms with Crippen LogP contribution in [-0.4, -0.2) is 28.7 Å². The van der Waals surface area contributed by atoms with E-state index in [0.717, 1.165) is 35.6 Å². The Labute approximate surface area is 192 Å². The third kappa shape index (κ3) is 3.26. The largest absolute Gasteiger partial charge is 0.324 e. The zero-order valence-corrected chi connectivity index (χ0v) is 18.3. The molecule has 0 aromatic heterocycles. The third-order valence-corrected chi connectivity index (χ3v) is 7.90. The molecule has 33 heavy (non-hydrogen) atoms. The van der Waals surface area contributed by atoms with E-state index in [1.54, 1.807) is 0 Å². The number of hydrogen-bond donors (Lipinski definition) is 1. The fraction of sp³-hybridized carbons (Fsp3) is 0.321. The number of anilines is 1. The standard InChI is InChI=1S/C28H26N2O3/c31-26(29-22-12-6-10-18-9-4-5-11-21(18)22)23(15-17-7-2-1-3-8-17)30-27(32)24-19-13-14-20(16-19)25(24)28(30)33/h1-12,19-20,23-25H,13-16H2,(H,29,31)/t19-,20+,23-,24-,25+/m0/s1. The molecule has 0 radical (unpaired) electrons. The summed E-state index contributed by atoms with van der Waals surface area (Å²) in [6, 6.07) is 22.4. The summed E-state index contributed by atoms with van der Waals surface area (Å²) in [6.07, 6.45) is 3.32. The number of carbonyl (C=O) groups is 3. The van der Waals surface area contributed by atoms with E-state index < -0.39 is 6.04 Å². The highest BCUT2D eigenvalue weighted by Crippen LogP contribution is 2.56. The first-order valence-electron chi connectivity index (χ1n) is 11.8. The molecule has 0 spiro atoms. The summed E-state index contributed by atoms with van der Waals surface area (Å²) in [4.78, 5) is 42.0. The highest BCUT2D eigenvalue weighted by molar-refractivity contribution is 6.12. The van der Waals surface area contributed by atoms with Crippen molar-refractivity contribution in [3.8, 4) is 0 Å². The summed E-state index contributed by atoms with van der Waals surface area (Å²) in [5.41, 5.74) is 1.62. The molecule has 6 rings (SSSR count). The van der Waals surface area contributed by atoms with Crippen molar-refractivity contribution in [2.24, 2.45) is 23.7 Å². The van der Waals surface area contributed by atoms with Crippen LogP contribution in [0.5, 0.6) is 0 Å². The number of nitrogens with zero attached hydrogens (tertiary/aromatic N) is 1. The maximum absolute atomic E-state index is 13.7. The van der Waals surface area contributed by atoms with Crippen molar-refractivity contribution in [1.29, 1.82) is 0 Å². The van der Waals surface area contributed by atoms with Crippen molar-refractivity contribution in [3.05, 3.63) is 78.4 Å². The Balaban J connectivity index is 1.35. The second-order valence-electron chi connectivity index (χ2n) is 9.65. The van der Waals surface area contributed by atoms with Gasteiger partial charge < -0.3 is 5.32 Å². The summed E-state index contributed by atoms with van der Waals surface area (Å²) >= 11 is 0.